The average molecular weight is 233 g/mol. The number of morpholine rings is 1. The van der Waals surface area contributed by atoms with Gasteiger partial charge in [-0.1, -0.05) is 18.2 Å². The molecule has 2 rings (SSSR count). The van der Waals surface area contributed by atoms with Gasteiger partial charge in [0.05, 0.1) is 13.2 Å². The summed E-state index contributed by atoms with van der Waals surface area (Å²) in [5.41, 5.74) is 4.23. The van der Waals surface area contributed by atoms with Crippen LogP contribution in [0.25, 0.3) is 0 Å². The van der Waals surface area contributed by atoms with Crippen molar-refractivity contribution in [1.82, 2.24) is 5.32 Å². The molecule has 2 heteroatoms. The molecule has 1 saturated heterocycles. The average Bonchev–Trinajstić information content (AvgIpc) is 2.22. The third-order valence-electron chi connectivity index (χ3n) is 3.43. The molecule has 1 aliphatic heterocycles. The number of hydrogen-bond donors (Lipinski definition) is 1. The van der Waals surface area contributed by atoms with Gasteiger partial charge in [0.25, 0.3) is 0 Å². The van der Waals surface area contributed by atoms with Crippen LogP contribution in [0.3, 0.4) is 0 Å². The van der Waals surface area contributed by atoms with E-state index < -0.39 is 0 Å². The van der Waals surface area contributed by atoms with Gasteiger partial charge >= 0.3 is 0 Å². The van der Waals surface area contributed by atoms with Crippen molar-refractivity contribution >= 4 is 0 Å². The normalized spacial score (nSPS) is 23.6. The van der Waals surface area contributed by atoms with Crippen molar-refractivity contribution in [3.63, 3.8) is 0 Å². The smallest absolute Gasteiger partial charge is 0.0643 e. The Morgan fingerprint density at radius 2 is 2.06 bits per heavy atom. The molecule has 1 aromatic rings. The second kappa shape index (κ2) is 4.79. The van der Waals surface area contributed by atoms with Gasteiger partial charge < -0.3 is 10.1 Å². The maximum Gasteiger partial charge on any atom is 0.0643 e. The highest BCUT2D eigenvalue weighted by Gasteiger charge is 2.27. The fraction of sp³-hybridized carbons (Fsp3) is 0.600. The molecule has 0 bridgehead atoms. The molecule has 1 unspecified atom stereocenters. The molecule has 1 fully saturated rings. The molecular weight excluding hydrogens is 210 g/mol. The van der Waals surface area contributed by atoms with Crippen LogP contribution in [0.5, 0.6) is 0 Å². The summed E-state index contributed by atoms with van der Waals surface area (Å²) in [5, 5.41) is 3.65. The lowest BCUT2D eigenvalue weighted by molar-refractivity contribution is 0.0135. The third-order valence-corrected chi connectivity index (χ3v) is 3.43. The molecule has 0 amide bonds. The Labute approximate surface area is 104 Å². The standard InChI is InChI=1S/C15H23NO/c1-11-5-6-13(7-12(11)2)8-14-9-17-10-15(3,4)16-14/h5-7,14,16H,8-10H2,1-4H3. The zero-order valence-corrected chi connectivity index (χ0v) is 11.3. The summed E-state index contributed by atoms with van der Waals surface area (Å²) < 4.78 is 5.66. The summed E-state index contributed by atoms with van der Waals surface area (Å²) >= 11 is 0. The number of nitrogens with one attached hydrogen (secondary N) is 1. The molecule has 2 nitrogen and oxygen atoms in total. The van der Waals surface area contributed by atoms with Gasteiger partial charge in [-0.3, -0.25) is 0 Å². The van der Waals surface area contributed by atoms with E-state index in [9.17, 15) is 0 Å². The SMILES string of the molecule is Cc1ccc(CC2COCC(C)(C)N2)cc1C. The predicted molar refractivity (Wildman–Crippen MR) is 71.4 cm³/mol. The van der Waals surface area contributed by atoms with Crippen molar-refractivity contribution in [1.29, 1.82) is 0 Å². The molecule has 0 spiro atoms. The van der Waals surface area contributed by atoms with Gasteiger partial charge in [-0.05, 0) is 50.8 Å². The largest absolute Gasteiger partial charge is 0.378 e. The lowest BCUT2D eigenvalue weighted by Gasteiger charge is -2.37. The summed E-state index contributed by atoms with van der Waals surface area (Å²) in [6.07, 6.45) is 1.05. The molecule has 94 valence electrons. The Hall–Kier alpha value is -0.860. The molecule has 1 aliphatic rings. The van der Waals surface area contributed by atoms with Crippen LogP contribution in [-0.2, 0) is 11.2 Å². The molecular formula is C15H23NO. The molecule has 1 aromatic carbocycles. The summed E-state index contributed by atoms with van der Waals surface area (Å²) in [4.78, 5) is 0. The molecule has 0 saturated carbocycles. The van der Waals surface area contributed by atoms with Crippen molar-refractivity contribution in [3.05, 3.63) is 34.9 Å². The lowest BCUT2D eigenvalue weighted by atomic mass is 9.97. The molecule has 1 heterocycles. The van der Waals surface area contributed by atoms with E-state index >= 15 is 0 Å². The van der Waals surface area contributed by atoms with Crippen molar-refractivity contribution in [2.75, 3.05) is 13.2 Å². The van der Waals surface area contributed by atoms with Crippen LogP contribution in [0, 0.1) is 13.8 Å². The maximum absolute atomic E-state index is 5.66. The second-order valence-corrected chi connectivity index (χ2v) is 5.86. The quantitative estimate of drug-likeness (QED) is 0.848. The van der Waals surface area contributed by atoms with Crippen LogP contribution in [-0.4, -0.2) is 24.8 Å². The fourth-order valence-electron chi connectivity index (χ4n) is 2.42. The molecule has 1 N–H and O–H groups in total. The first-order valence-electron chi connectivity index (χ1n) is 6.38. The van der Waals surface area contributed by atoms with Crippen LogP contribution >= 0.6 is 0 Å². The molecule has 0 aliphatic carbocycles. The van der Waals surface area contributed by atoms with E-state index in [0.29, 0.717) is 6.04 Å². The third kappa shape index (κ3) is 3.30. The van der Waals surface area contributed by atoms with Crippen LogP contribution in [0.2, 0.25) is 0 Å². The number of rotatable bonds is 2. The summed E-state index contributed by atoms with van der Waals surface area (Å²) in [5.74, 6) is 0. The molecule has 0 radical (unpaired) electrons. The predicted octanol–water partition coefficient (Wildman–Crippen LogP) is 2.61. The van der Waals surface area contributed by atoms with E-state index in [1.165, 1.54) is 16.7 Å². The molecule has 1 atom stereocenters. The van der Waals surface area contributed by atoms with E-state index in [1.54, 1.807) is 0 Å². The highest BCUT2D eigenvalue weighted by molar-refractivity contribution is 5.30. The van der Waals surface area contributed by atoms with E-state index in [1.807, 2.05) is 0 Å². The topological polar surface area (TPSA) is 21.3 Å². The van der Waals surface area contributed by atoms with E-state index in [-0.39, 0.29) is 5.54 Å². The van der Waals surface area contributed by atoms with E-state index in [2.05, 4.69) is 51.2 Å². The zero-order valence-electron chi connectivity index (χ0n) is 11.3. The zero-order chi connectivity index (χ0) is 12.5. The first-order chi connectivity index (χ1) is 7.96. The molecule has 0 aromatic heterocycles. The van der Waals surface area contributed by atoms with Gasteiger partial charge in [-0.25, -0.2) is 0 Å². The Morgan fingerprint density at radius 1 is 1.29 bits per heavy atom. The Bertz CT molecular complexity index is 398. The van der Waals surface area contributed by atoms with Gasteiger partial charge in [0.2, 0.25) is 0 Å². The van der Waals surface area contributed by atoms with Gasteiger partial charge in [0.1, 0.15) is 0 Å². The fourth-order valence-corrected chi connectivity index (χ4v) is 2.42. The van der Waals surface area contributed by atoms with E-state index in [4.69, 9.17) is 4.74 Å². The first-order valence-corrected chi connectivity index (χ1v) is 6.38. The highest BCUT2D eigenvalue weighted by atomic mass is 16.5. The second-order valence-electron chi connectivity index (χ2n) is 5.86. The maximum atomic E-state index is 5.66. The first kappa shape index (κ1) is 12.6. The van der Waals surface area contributed by atoms with Crippen molar-refractivity contribution in [2.45, 2.75) is 45.7 Å². The van der Waals surface area contributed by atoms with Crippen molar-refractivity contribution < 1.29 is 4.74 Å². The highest BCUT2D eigenvalue weighted by Crippen LogP contribution is 2.16. The van der Waals surface area contributed by atoms with Gasteiger partial charge in [-0.2, -0.15) is 0 Å². The molecule has 17 heavy (non-hydrogen) atoms. The van der Waals surface area contributed by atoms with Gasteiger partial charge in [-0.15, -0.1) is 0 Å². The van der Waals surface area contributed by atoms with Crippen LogP contribution in [0.4, 0.5) is 0 Å². The minimum atomic E-state index is 0.0999. The van der Waals surface area contributed by atoms with Gasteiger partial charge in [0.15, 0.2) is 0 Å². The number of ether oxygens (including phenoxy) is 1. The minimum absolute atomic E-state index is 0.0999. The Morgan fingerprint density at radius 3 is 2.71 bits per heavy atom. The Kier molecular flexibility index (Phi) is 3.55. The van der Waals surface area contributed by atoms with Crippen molar-refractivity contribution in [3.8, 4) is 0 Å². The van der Waals surface area contributed by atoms with Crippen LogP contribution in [0.15, 0.2) is 18.2 Å². The summed E-state index contributed by atoms with van der Waals surface area (Å²) in [6, 6.07) is 7.16. The van der Waals surface area contributed by atoms with Crippen molar-refractivity contribution in [2.24, 2.45) is 0 Å². The van der Waals surface area contributed by atoms with E-state index in [0.717, 1.165) is 19.6 Å². The van der Waals surface area contributed by atoms with Gasteiger partial charge in [0, 0.05) is 11.6 Å². The lowest BCUT2D eigenvalue weighted by Crippen LogP contribution is -2.56. The summed E-state index contributed by atoms with van der Waals surface area (Å²) in [6.45, 7) is 10.3. The summed E-state index contributed by atoms with van der Waals surface area (Å²) in [7, 11) is 0. The van der Waals surface area contributed by atoms with Crippen LogP contribution < -0.4 is 5.32 Å². The number of aryl methyl sites for hydroxylation is 2. The monoisotopic (exact) mass is 233 g/mol. The minimum Gasteiger partial charge on any atom is -0.378 e. The van der Waals surface area contributed by atoms with Crippen LogP contribution in [0.1, 0.15) is 30.5 Å². The number of hydrogen-bond acceptors (Lipinski definition) is 2. The number of benzene rings is 1. The Balaban J connectivity index is 2.03.